The van der Waals surface area contributed by atoms with Gasteiger partial charge in [0.15, 0.2) is 0 Å². The van der Waals surface area contributed by atoms with E-state index in [2.05, 4.69) is 0 Å². The maximum atomic E-state index is 11.9. The van der Waals surface area contributed by atoms with E-state index in [-0.39, 0.29) is 24.3 Å². The number of hydrogen-bond acceptors (Lipinski definition) is 5. The maximum Gasteiger partial charge on any atom is 0.339 e. The molecule has 1 aromatic carbocycles. The van der Waals surface area contributed by atoms with E-state index < -0.39 is 11.9 Å². The second kappa shape index (κ2) is 5.56. The molecule has 19 heavy (non-hydrogen) atoms. The Morgan fingerprint density at radius 1 is 1.05 bits per heavy atom. The van der Waals surface area contributed by atoms with E-state index in [4.69, 9.17) is 13.9 Å². The monoisotopic (exact) mass is 262 g/mol. The van der Waals surface area contributed by atoms with Crippen LogP contribution in [0.4, 0.5) is 0 Å². The van der Waals surface area contributed by atoms with Gasteiger partial charge in [0.2, 0.25) is 0 Å². The van der Waals surface area contributed by atoms with Gasteiger partial charge in [-0.25, -0.2) is 9.59 Å². The number of benzene rings is 1. The predicted molar refractivity (Wildman–Crippen MR) is 68.1 cm³/mol. The number of esters is 2. The number of hydrogen-bond donors (Lipinski definition) is 0. The van der Waals surface area contributed by atoms with E-state index in [1.807, 2.05) is 0 Å². The lowest BCUT2D eigenvalue weighted by Gasteiger charge is -2.08. The van der Waals surface area contributed by atoms with Crippen LogP contribution in [0, 0.1) is 0 Å². The molecular formula is C14H14O5. The first-order valence-corrected chi connectivity index (χ1v) is 6.02. The van der Waals surface area contributed by atoms with Gasteiger partial charge in [0, 0.05) is 5.39 Å². The van der Waals surface area contributed by atoms with Gasteiger partial charge < -0.3 is 13.9 Å². The van der Waals surface area contributed by atoms with Crippen LogP contribution in [0.2, 0.25) is 0 Å². The number of carbonyl (C=O) groups is 2. The number of fused-ring (bicyclic) bond motifs is 1. The molecule has 0 saturated heterocycles. The standard InChI is InChI=1S/C14H14O5/c1-3-17-13(15)10-7-9-5-6-19-12(9)8-11(10)14(16)18-4-2/h5-8H,3-4H2,1-2H3. The van der Waals surface area contributed by atoms with Crippen molar-refractivity contribution in [3.05, 3.63) is 35.6 Å². The van der Waals surface area contributed by atoms with Crippen LogP contribution in [0.25, 0.3) is 11.0 Å². The molecule has 1 aromatic heterocycles. The van der Waals surface area contributed by atoms with Gasteiger partial charge in [0.05, 0.1) is 30.6 Å². The van der Waals surface area contributed by atoms with Crippen LogP contribution in [-0.4, -0.2) is 25.2 Å². The van der Waals surface area contributed by atoms with Gasteiger partial charge in [-0.2, -0.15) is 0 Å². The van der Waals surface area contributed by atoms with Gasteiger partial charge in [-0.1, -0.05) is 0 Å². The average Bonchev–Trinajstić information content (AvgIpc) is 2.85. The Bertz CT molecular complexity index is 559. The Morgan fingerprint density at radius 3 is 2.21 bits per heavy atom. The minimum atomic E-state index is -0.566. The highest BCUT2D eigenvalue weighted by atomic mass is 16.5. The lowest BCUT2D eigenvalue weighted by molar-refractivity contribution is 0.0479. The zero-order valence-corrected chi connectivity index (χ0v) is 10.8. The van der Waals surface area contributed by atoms with Crippen LogP contribution in [0.15, 0.2) is 28.9 Å². The highest BCUT2D eigenvalue weighted by Gasteiger charge is 2.21. The van der Waals surface area contributed by atoms with E-state index in [1.54, 1.807) is 26.0 Å². The Morgan fingerprint density at radius 2 is 1.63 bits per heavy atom. The van der Waals surface area contributed by atoms with Crippen molar-refractivity contribution in [1.82, 2.24) is 0 Å². The lowest BCUT2D eigenvalue weighted by Crippen LogP contribution is -2.14. The van der Waals surface area contributed by atoms with Gasteiger partial charge in [-0.05, 0) is 32.0 Å². The van der Waals surface area contributed by atoms with E-state index >= 15 is 0 Å². The molecule has 0 amide bonds. The van der Waals surface area contributed by atoms with Crippen molar-refractivity contribution in [3.63, 3.8) is 0 Å². The van der Waals surface area contributed by atoms with Gasteiger partial charge in [-0.15, -0.1) is 0 Å². The molecule has 2 rings (SSSR count). The molecule has 0 N–H and O–H groups in total. The van der Waals surface area contributed by atoms with Crippen LogP contribution >= 0.6 is 0 Å². The number of furan rings is 1. The van der Waals surface area contributed by atoms with Crippen LogP contribution < -0.4 is 0 Å². The molecule has 0 spiro atoms. The molecule has 2 aromatic rings. The molecule has 0 fully saturated rings. The Kier molecular flexibility index (Phi) is 3.85. The fourth-order valence-electron chi connectivity index (χ4n) is 1.76. The third kappa shape index (κ3) is 2.59. The quantitative estimate of drug-likeness (QED) is 0.792. The summed E-state index contributed by atoms with van der Waals surface area (Å²) >= 11 is 0. The zero-order chi connectivity index (χ0) is 13.8. The summed E-state index contributed by atoms with van der Waals surface area (Å²) in [4.78, 5) is 23.7. The van der Waals surface area contributed by atoms with E-state index in [9.17, 15) is 9.59 Å². The highest BCUT2D eigenvalue weighted by molar-refractivity contribution is 6.06. The summed E-state index contributed by atoms with van der Waals surface area (Å²) in [6.07, 6.45) is 1.49. The molecule has 1 heterocycles. The average molecular weight is 262 g/mol. The molecule has 0 saturated carbocycles. The fourth-order valence-corrected chi connectivity index (χ4v) is 1.76. The topological polar surface area (TPSA) is 65.7 Å². The van der Waals surface area contributed by atoms with Crippen molar-refractivity contribution in [2.75, 3.05) is 13.2 Å². The number of carbonyl (C=O) groups excluding carboxylic acids is 2. The second-order valence-electron chi connectivity index (χ2n) is 3.80. The van der Waals surface area contributed by atoms with Crippen LogP contribution in [-0.2, 0) is 9.47 Å². The first kappa shape index (κ1) is 13.1. The van der Waals surface area contributed by atoms with Crippen molar-refractivity contribution in [2.24, 2.45) is 0 Å². The van der Waals surface area contributed by atoms with Crippen LogP contribution in [0.1, 0.15) is 34.6 Å². The SMILES string of the molecule is CCOC(=O)c1cc2ccoc2cc1C(=O)OCC. The smallest absolute Gasteiger partial charge is 0.339 e. The molecule has 0 aliphatic rings. The lowest BCUT2D eigenvalue weighted by atomic mass is 10.1. The first-order chi connectivity index (χ1) is 9.17. The van der Waals surface area contributed by atoms with Gasteiger partial charge in [-0.3, -0.25) is 0 Å². The Labute approximate surface area is 110 Å². The molecule has 5 heteroatoms. The fraction of sp³-hybridized carbons (Fsp3) is 0.286. The van der Waals surface area contributed by atoms with Crippen molar-refractivity contribution >= 4 is 22.9 Å². The first-order valence-electron chi connectivity index (χ1n) is 6.02. The van der Waals surface area contributed by atoms with E-state index in [1.165, 1.54) is 12.3 Å². The van der Waals surface area contributed by atoms with Crippen LogP contribution in [0.3, 0.4) is 0 Å². The summed E-state index contributed by atoms with van der Waals surface area (Å²) in [6.45, 7) is 3.88. The van der Waals surface area contributed by atoms with Gasteiger partial charge in [0.1, 0.15) is 5.58 Å². The van der Waals surface area contributed by atoms with E-state index in [0.717, 1.165) is 5.39 Å². The molecule has 5 nitrogen and oxygen atoms in total. The molecule has 100 valence electrons. The van der Waals surface area contributed by atoms with Crippen LogP contribution in [0.5, 0.6) is 0 Å². The normalized spacial score (nSPS) is 10.4. The second-order valence-corrected chi connectivity index (χ2v) is 3.80. The summed E-state index contributed by atoms with van der Waals surface area (Å²) in [7, 11) is 0. The third-order valence-electron chi connectivity index (χ3n) is 2.58. The molecule has 0 radical (unpaired) electrons. The Balaban J connectivity index is 2.53. The zero-order valence-electron chi connectivity index (χ0n) is 10.8. The summed E-state index contributed by atoms with van der Waals surface area (Å²) in [5, 5.41) is 0.733. The molecule has 0 aliphatic carbocycles. The Hall–Kier alpha value is -2.30. The number of ether oxygens (including phenoxy) is 2. The summed E-state index contributed by atoms with van der Waals surface area (Å²) in [6, 6.07) is 4.79. The summed E-state index contributed by atoms with van der Waals surface area (Å²) in [5.41, 5.74) is 0.869. The molecule has 0 bridgehead atoms. The molecule has 0 atom stereocenters. The highest BCUT2D eigenvalue weighted by Crippen LogP contribution is 2.22. The third-order valence-corrected chi connectivity index (χ3v) is 2.58. The summed E-state index contributed by atoms with van der Waals surface area (Å²) < 4.78 is 15.1. The minimum Gasteiger partial charge on any atom is -0.464 e. The minimum absolute atomic E-state index is 0.155. The van der Waals surface area contributed by atoms with Crippen molar-refractivity contribution in [3.8, 4) is 0 Å². The largest absolute Gasteiger partial charge is 0.464 e. The molecule has 0 aliphatic heterocycles. The van der Waals surface area contributed by atoms with Gasteiger partial charge in [0.25, 0.3) is 0 Å². The number of rotatable bonds is 4. The molecular weight excluding hydrogens is 248 g/mol. The maximum absolute atomic E-state index is 11.9. The van der Waals surface area contributed by atoms with E-state index in [0.29, 0.717) is 5.58 Å². The van der Waals surface area contributed by atoms with Gasteiger partial charge >= 0.3 is 11.9 Å². The predicted octanol–water partition coefficient (Wildman–Crippen LogP) is 2.79. The molecule has 0 unspecified atom stereocenters. The van der Waals surface area contributed by atoms with Crippen molar-refractivity contribution in [2.45, 2.75) is 13.8 Å². The van der Waals surface area contributed by atoms with Crippen molar-refractivity contribution < 1.29 is 23.5 Å². The summed E-state index contributed by atoms with van der Waals surface area (Å²) in [5.74, 6) is -1.11. The van der Waals surface area contributed by atoms with Crippen molar-refractivity contribution in [1.29, 1.82) is 0 Å².